The second-order valence-corrected chi connectivity index (χ2v) is 8.57. The second-order valence-electron chi connectivity index (χ2n) is 5.54. The number of hydrogen-bond acceptors (Lipinski definition) is 2. The lowest BCUT2D eigenvalue weighted by Gasteiger charge is -2.15. The van der Waals surface area contributed by atoms with Crippen molar-refractivity contribution >= 4 is 37.6 Å². The number of hydrogen-bond donors (Lipinski definition) is 1. The minimum absolute atomic E-state index is 0.260. The van der Waals surface area contributed by atoms with Crippen LogP contribution in [0.4, 0.5) is 0 Å². The van der Waals surface area contributed by atoms with E-state index in [1.54, 1.807) is 12.1 Å². The van der Waals surface area contributed by atoms with E-state index in [4.69, 9.17) is 11.6 Å². The predicted octanol–water partition coefficient (Wildman–Crippen LogP) is 3.57. The lowest BCUT2D eigenvalue weighted by molar-refractivity contribution is 0.432. The molecule has 0 radical (unpaired) electrons. The van der Waals surface area contributed by atoms with E-state index in [0.29, 0.717) is 16.0 Å². The van der Waals surface area contributed by atoms with Crippen molar-refractivity contribution in [1.82, 2.24) is 4.72 Å². The third-order valence-corrected chi connectivity index (χ3v) is 6.76. The molecule has 0 spiro atoms. The first-order valence-electron chi connectivity index (χ1n) is 6.38. The molecule has 0 bridgehead atoms. The molecule has 2 fully saturated rings. The largest absolute Gasteiger partial charge is 0.240 e. The molecule has 0 aliphatic heterocycles. The Bertz CT molecular complexity index is 609. The van der Waals surface area contributed by atoms with Crippen LogP contribution in [-0.2, 0) is 10.0 Å². The number of sulfonamides is 1. The molecular formula is C13H15BrClNO2S. The molecule has 19 heavy (non-hydrogen) atoms. The van der Waals surface area contributed by atoms with E-state index in [1.807, 2.05) is 0 Å². The Morgan fingerprint density at radius 2 is 2.05 bits per heavy atom. The topological polar surface area (TPSA) is 46.2 Å². The van der Waals surface area contributed by atoms with Gasteiger partial charge in [-0.15, -0.1) is 0 Å². The van der Waals surface area contributed by atoms with Gasteiger partial charge in [0.15, 0.2) is 0 Å². The van der Waals surface area contributed by atoms with Gasteiger partial charge in [0.25, 0.3) is 0 Å². The average molecular weight is 365 g/mol. The summed E-state index contributed by atoms with van der Waals surface area (Å²) in [5.74, 6) is 0.743. The van der Waals surface area contributed by atoms with Gasteiger partial charge in [0.2, 0.25) is 10.0 Å². The predicted molar refractivity (Wildman–Crippen MR) is 78.7 cm³/mol. The summed E-state index contributed by atoms with van der Waals surface area (Å²) in [7, 11) is -3.44. The van der Waals surface area contributed by atoms with Crippen molar-refractivity contribution in [3.05, 3.63) is 27.7 Å². The smallest absolute Gasteiger partial charge is 0.211 e. The Morgan fingerprint density at radius 3 is 2.58 bits per heavy atom. The van der Waals surface area contributed by atoms with Gasteiger partial charge in [-0.05, 0) is 71.1 Å². The molecule has 1 aromatic carbocycles. The van der Waals surface area contributed by atoms with Crippen molar-refractivity contribution in [1.29, 1.82) is 0 Å². The molecule has 3 nitrogen and oxygen atoms in total. The maximum absolute atomic E-state index is 12.2. The Labute approximate surface area is 126 Å². The van der Waals surface area contributed by atoms with Gasteiger partial charge in [-0.3, -0.25) is 0 Å². The van der Waals surface area contributed by atoms with Crippen LogP contribution in [0.2, 0.25) is 5.02 Å². The fourth-order valence-corrected chi connectivity index (χ4v) is 4.36. The average Bonchev–Trinajstić information content (AvgIpc) is 3.23. The Kier molecular flexibility index (Phi) is 3.45. The van der Waals surface area contributed by atoms with Gasteiger partial charge >= 0.3 is 0 Å². The maximum Gasteiger partial charge on any atom is 0.240 e. The molecule has 1 aromatic rings. The summed E-state index contributed by atoms with van der Waals surface area (Å²) in [5.41, 5.74) is 0.261. The fraction of sp³-hybridized carbons (Fsp3) is 0.538. The van der Waals surface area contributed by atoms with Crippen molar-refractivity contribution in [3.63, 3.8) is 0 Å². The van der Waals surface area contributed by atoms with Crippen molar-refractivity contribution in [2.75, 3.05) is 6.54 Å². The van der Waals surface area contributed by atoms with Crippen LogP contribution in [0, 0.1) is 11.3 Å². The minimum atomic E-state index is -3.44. The number of nitrogens with one attached hydrogen (secondary N) is 1. The summed E-state index contributed by atoms with van der Waals surface area (Å²) in [4.78, 5) is 0.260. The van der Waals surface area contributed by atoms with Crippen LogP contribution in [-0.4, -0.2) is 15.0 Å². The summed E-state index contributed by atoms with van der Waals surface area (Å²) in [6, 6.07) is 4.67. The molecule has 104 valence electrons. The highest BCUT2D eigenvalue weighted by molar-refractivity contribution is 9.10. The molecule has 1 N–H and O–H groups in total. The monoisotopic (exact) mass is 363 g/mol. The van der Waals surface area contributed by atoms with Crippen LogP contribution < -0.4 is 4.72 Å². The summed E-state index contributed by atoms with van der Waals surface area (Å²) in [5, 5.41) is 0.510. The lowest BCUT2D eigenvalue weighted by Crippen LogP contribution is -2.31. The molecule has 0 aromatic heterocycles. The molecular weight excluding hydrogens is 350 g/mol. The van der Waals surface area contributed by atoms with Crippen molar-refractivity contribution in [3.8, 4) is 0 Å². The normalized spacial score (nSPS) is 21.4. The van der Waals surface area contributed by atoms with Gasteiger partial charge in [-0.2, -0.15) is 0 Å². The van der Waals surface area contributed by atoms with Crippen LogP contribution in [0.25, 0.3) is 0 Å². The quantitative estimate of drug-likeness (QED) is 0.868. The molecule has 2 aliphatic rings. The van der Waals surface area contributed by atoms with Crippen LogP contribution in [0.1, 0.15) is 25.7 Å². The van der Waals surface area contributed by atoms with E-state index in [0.717, 1.165) is 18.8 Å². The van der Waals surface area contributed by atoms with E-state index in [9.17, 15) is 8.42 Å². The molecule has 0 saturated heterocycles. The first-order chi connectivity index (χ1) is 8.93. The summed E-state index contributed by atoms with van der Waals surface area (Å²) in [6.07, 6.45) is 4.83. The molecule has 0 atom stereocenters. The third-order valence-electron chi connectivity index (χ3n) is 4.15. The fourth-order valence-electron chi connectivity index (χ4n) is 2.55. The molecule has 0 heterocycles. The van der Waals surface area contributed by atoms with Crippen LogP contribution in [0.15, 0.2) is 27.6 Å². The molecule has 2 saturated carbocycles. The van der Waals surface area contributed by atoms with E-state index in [2.05, 4.69) is 20.7 Å². The van der Waals surface area contributed by atoms with Gasteiger partial charge in [0, 0.05) is 11.0 Å². The number of benzene rings is 1. The molecule has 2 aliphatic carbocycles. The Morgan fingerprint density at radius 1 is 1.37 bits per heavy atom. The van der Waals surface area contributed by atoms with E-state index < -0.39 is 10.0 Å². The van der Waals surface area contributed by atoms with Crippen molar-refractivity contribution in [2.45, 2.75) is 30.6 Å². The van der Waals surface area contributed by atoms with Gasteiger partial charge in [0.1, 0.15) is 0 Å². The van der Waals surface area contributed by atoms with Crippen LogP contribution >= 0.6 is 27.5 Å². The highest BCUT2D eigenvalue weighted by Crippen LogP contribution is 2.60. The highest BCUT2D eigenvalue weighted by Gasteiger charge is 2.53. The molecule has 3 rings (SSSR count). The Balaban J connectivity index is 1.73. The second kappa shape index (κ2) is 4.72. The van der Waals surface area contributed by atoms with E-state index >= 15 is 0 Å². The van der Waals surface area contributed by atoms with Crippen LogP contribution in [0.3, 0.4) is 0 Å². The van der Waals surface area contributed by atoms with Gasteiger partial charge in [-0.1, -0.05) is 11.6 Å². The minimum Gasteiger partial charge on any atom is -0.211 e. The van der Waals surface area contributed by atoms with Crippen molar-refractivity contribution < 1.29 is 8.42 Å². The Hall–Kier alpha value is -0.100. The first kappa shape index (κ1) is 13.9. The third kappa shape index (κ3) is 2.84. The lowest BCUT2D eigenvalue weighted by atomic mass is 10.0. The van der Waals surface area contributed by atoms with Gasteiger partial charge in [-0.25, -0.2) is 13.1 Å². The zero-order valence-electron chi connectivity index (χ0n) is 10.3. The zero-order chi connectivity index (χ0) is 13.7. The summed E-state index contributed by atoms with van der Waals surface area (Å²) < 4.78 is 27.8. The standard InChI is InChI=1S/C13H15BrClNO2S/c14-11-7-10(3-4-12(11)15)19(17,18)16-8-13(5-6-13)9-1-2-9/h3-4,7,9,16H,1-2,5-6,8H2. The van der Waals surface area contributed by atoms with Crippen molar-refractivity contribution in [2.24, 2.45) is 11.3 Å². The zero-order valence-corrected chi connectivity index (χ0v) is 13.5. The summed E-state index contributed by atoms with van der Waals surface area (Å²) >= 11 is 9.13. The van der Waals surface area contributed by atoms with Crippen LogP contribution in [0.5, 0.6) is 0 Å². The van der Waals surface area contributed by atoms with Gasteiger partial charge in [0.05, 0.1) is 9.92 Å². The SMILES string of the molecule is O=S(=O)(NCC1(C2CC2)CC1)c1ccc(Cl)c(Br)c1. The van der Waals surface area contributed by atoms with Gasteiger partial charge < -0.3 is 0 Å². The molecule has 6 heteroatoms. The molecule has 0 unspecified atom stereocenters. The highest BCUT2D eigenvalue weighted by atomic mass is 79.9. The maximum atomic E-state index is 12.2. The molecule has 0 amide bonds. The number of rotatable bonds is 5. The number of halogens is 2. The van der Waals surface area contributed by atoms with E-state index in [1.165, 1.54) is 18.9 Å². The van der Waals surface area contributed by atoms with E-state index in [-0.39, 0.29) is 10.3 Å². The summed E-state index contributed by atoms with van der Waals surface area (Å²) in [6.45, 7) is 0.570. The first-order valence-corrected chi connectivity index (χ1v) is 9.03.